The molecule has 0 amide bonds. The SMILES string of the molecule is CC=CCC(C)(C)CC. The van der Waals surface area contributed by atoms with Crippen LogP contribution in [0.25, 0.3) is 0 Å². The first-order valence-corrected chi connectivity index (χ1v) is 3.73. The van der Waals surface area contributed by atoms with E-state index in [2.05, 4.69) is 39.8 Å². The van der Waals surface area contributed by atoms with E-state index in [9.17, 15) is 0 Å². The van der Waals surface area contributed by atoms with E-state index in [1.807, 2.05) is 0 Å². The van der Waals surface area contributed by atoms with Crippen LogP contribution in [0, 0.1) is 5.41 Å². The minimum Gasteiger partial charge on any atom is -0.0916 e. The molecule has 0 spiro atoms. The van der Waals surface area contributed by atoms with Crippen LogP contribution in [0.1, 0.15) is 40.5 Å². The van der Waals surface area contributed by atoms with Crippen LogP contribution in [0.2, 0.25) is 0 Å². The van der Waals surface area contributed by atoms with Crippen molar-refractivity contribution in [3.8, 4) is 0 Å². The largest absolute Gasteiger partial charge is 0.0916 e. The normalized spacial score (nSPS) is 12.9. The lowest BCUT2D eigenvalue weighted by molar-refractivity contribution is 0.357. The highest BCUT2D eigenvalue weighted by Crippen LogP contribution is 2.24. The minimum atomic E-state index is 0.506. The Morgan fingerprint density at radius 3 is 2.22 bits per heavy atom. The summed E-state index contributed by atoms with van der Waals surface area (Å²) in [7, 11) is 0. The molecule has 0 aromatic heterocycles. The average Bonchev–Trinajstić information content (AvgIpc) is 1.84. The van der Waals surface area contributed by atoms with Crippen LogP contribution in [0.3, 0.4) is 0 Å². The fourth-order valence-electron chi connectivity index (χ4n) is 0.581. The number of allylic oxidation sites excluding steroid dienone is 2. The van der Waals surface area contributed by atoms with E-state index in [1.165, 1.54) is 12.8 Å². The summed E-state index contributed by atoms with van der Waals surface area (Å²) in [5, 5.41) is 0. The summed E-state index contributed by atoms with van der Waals surface area (Å²) < 4.78 is 0. The molecule has 0 heterocycles. The molecule has 0 atom stereocenters. The van der Waals surface area contributed by atoms with Crippen molar-refractivity contribution in [3.05, 3.63) is 12.2 Å². The summed E-state index contributed by atoms with van der Waals surface area (Å²) in [6.07, 6.45) is 6.83. The van der Waals surface area contributed by atoms with Crippen LogP contribution >= 0.6 is 0 Å². The van der Waals surface area contributed by atoms with Crippen LogP contribution in [0.15, 0.2) is 12.2 Å². The Kier molecular flexibility index (Phi) is 3.60. The van der Waals surface area contributed by atoms with E-state index >= 15 is 0 Å². The van der Waals surface area contributed by atoms with Crippen LogP contribution in [-0.2, 0) is 0 Å². The van der Waals surface area contributed by atoms with Gasteiger partial charge in [-0.25, -0.2) is 0 Å². The maximum atomic E-state index is 2.30. The molecule has 0 saturated carbocycles. The number of rotatable bonds is 3. The summed E-state index contributed by atoms with van der Waals surface area (Å²) in [6.45, 7) is 8.91. The number of hydrogen-bond acceptors (Lipinski definition) is 0. The lowest BCUT2D eigenvalue weighted by Gasteiger charge is -2.19. The maximum Gasteiger partial charge on any atom is -0.0299 e. The summed E-state index contributed by atoms with van der Waals surface area (Å²) >= 11 is 0. The van der Waals surface area contributed by atoms with Gasteiger partial charge in [0.2, 0.25) is 0 Å². The van der Waals surface area contributed by atoms with Crippen molar-refractivity contribution in [1.29, 1.82) is 0 Å². The van der Waals surface area contributed by atoms with Gasteiger partial charge in [-0.3, -0.25) is 0 Å². The van der Waals surface area contributed by atoms with Crippen LogP contribution in [0.4, 0.5) is 0 Å². The molecule has 0 unspecified atom stereocenters. The van der Waals surface area contributed by atoms with Gasteiger partial charge in [0.15, 0.2) is 0 Å². The van der Waals surface area contributed by atoms with Gasteiger partial charge >= 0.3 is 0 Å². The predicted octanol–water partition coefficient (Wildman–Crippen LogP) is 3.39. The van der Waals surface area contributed by atoms with Gasteiger partial charge in [-0.2, -0.15) is 0 Å². The molecule has 0 nitrogen and oxygen atoms in total. The van der Waals surface area contributed by atoms with Crippen molar-refractivity contribution in [2.45, 2.75) is 40.5 Å². The second-order valence-corrected chi connectivity index (χ2v) is 3.29. The third-order valence-corrected chi connectivity index (χ3v) is 1.86. The molecule has 0 aliphatic carbocycles. The van der Waals surface area contributed by atoms with Crippen molar-refractivity contribution < 1.29 is 0 Å². The highest BCUT2D eigenvalue weighted by Gasteiger charge is 2.11. The Labute approximate surface area is 59.0 Å². The first-order valence-electron chi connectivity index (χ1n) is 3.73. The smallest absolute Gasteiger partial charge is 0.0299 e. The van der Waals surface area contributed by atoms with E-state index in [-0.39, 0.29) is 0 Å². The van der Waals surface area contributed by atoms with Crippen LogP contribution < -0.4 is 0 Å². The van der Waals surface area contributed by atoms with Gasteiger partial charge in [0, 0.05) is 0 Å². The van der Waals surface area contributed by atoms with Gasteiger partial charge in [0.05, 0.1) is 0 Å². The first kappa shape index (κ1) is 8.74. The maximum absolute atomic E-state index is 2.30. The molecule has 0 aliphatic heterocycles. The van der Waals surface area contributed by atoms with Gasteiger partial charge < -0.3 is 0 Å². The van der Waals surface area contributed by atoms with Gasteiger partial charge in [-0.1, -0.05) is 39.3 Å². The highest BCUT2D eigenvalue weighted by atomic mass is 14.2. The third-order valence-electron chi connectivity index (χ3n) is 1.86. The van der Waals surface area contributed by atoms with Crippen molar-refractivity contribution in [2.75, 3.05) is 0 Å². The fraction of sp³-hybridized carbons (Fsp3) is 0.778. The predicted molar refractivity (Wildman–Crippen MR) is 43.5 cm³/mol. The molecule has 0 radical (unpaired) electrons. The lowest BCUT2D eigenvalue weighted by atomic mass is 9.86. The quantitative estimate of drug-likeness (QED) is 0.508. The van der Waals surface area contributed by atoms with E-state index < -0.39 is 0 Å². The lowest BCUT2D eigenvalue weighted by Crippen LogP contribution is -2.06. The second kappa shape index (κ2) is 3.71. The zero-order valence-electron chi connectivity index (χ0n) is 7.07. The molecule has 0 aromatic carbocycles. The molecule has 54 valence electrons. The van der Waals surface area contributed by atoms with E-state index in [0.717, 1.165) is 0 Å². The van der Waals surface area contributed by atoms with E-state index in [1.54, 1.807) is 0 Å². The Morgan fingerprint density at radius 1 is 1.33 bits per heavy atom. The monoisotopic (exact) mass is 126 g/mol. The molecule has 0 N–H and O–H groups in total. The molecule has 0 aliphatic rings. The van der Waals surface area contributed by atoms with E-state index in [4.69, 9.17) is 0 Å². The number of hydrogen-bond donors (Lipinski definition) is 0. The molecule has 0 aromatic rings. The third kappa shape index (κ3) is 4.26. The van der Waals surface area contributed by atoms with Crippen molar-refractivity contribution >= 4 is 0 Å². The van der Waals surface area contributed by atoms with Crippen LogP contribution in [-0.4, -0.2) is 0 Å². The Bertz CT molecular complexity index is 88.2. The standard InChI is InChI=1S/C9H18/c1-5-7-8-9(3,4)6-2/h5,7H,6,8H2,1-4H3. The molecule has 0 heteroatoms. The van der Waals surface area contributed by atoms with Gasteiger partial charge in [0.1, 0.15) is 0 Å². The summed E-state index contributed by atoms with van der Waals surface area (Å²) in [6, 6.07) is 0. The van der Waals surface area contributed by atoms with E-state index in [0.29, 0.717) is 5.41 Å². The van der Waals surface area contributed by atoms with Crippen molar-refractivity contribution in [1.82, 2.24) is 0 Å². The van der Waals surface area contributed by atoms with Gasteiger partial charge in [-0.05, 0) is 18.8 Å². The van der Waals surface area contributed by atoms with Gasteiger partial charge in [-0.15, -0.1) is 0 Å². The molecule has 0 saturated heterocycles. The topological polar surface area (TPSA) is 0 Å². The average molecular weight is 126 g/mol. The molecular weight excluding hydrogens is 108 g/mol. The fourth-order valence-corrected chi connectivity index (χ4v) is 0.581. The summed E-state index contributed by atoms with van der Waals surface area (Å²) in [5.41, 5.74) is 0.506. The summed E-state index contributed by atoms with van der Waals surface area (Å²) in [4.78, 5) is 0. The highest BCUT2D eigenvalue weighted by molar-refractivity contribution is 4.83. The van der Waals surface area contributed by atoms with Crippen molar-refractivity contribution in [3.63, 3.8) is 0 Å². The second-order valence-electron chi connectivity index (χ2n) is 3.29. The Hall–Kier alpha value is -0.260. The Balaban J connectivity index is 3.58. The molecule has 0 rings (SSSR count). The first-order chi connectivity index (χ1) is 4.12. The zero-order valence-corrected chi connectivity index (χ0v) is 7.07. The zero-order chi connectivity index (χ0) is 7.33. The molecular formula is C9H18. The molecule has 9 heavy (non-hydrogen) atoms. The minimum absolute atomic E-state index is 0.506. The van der Waals surface area contributed by atoms with Crippen molar-refractivity contribution in [2.24, 2.45) is 5.41 Å². The molecule has 0 bridgehead atoms. The Morgan fingerprint density at radius 2 is 1.89 bits per heavy atom. The van der Waals surface area contributed by atoms with Gasteiger partial charge in [0.25, 0.3) is 0 Å². The summed E-state index contributed by atoms with van der Waals surface area (Å²) in [5.74, 6) is 0. The van der Waals surface area contributed by atoms with Crippen LogP contribution in [0.5, 0.6) is 0 Å². The molecule has 0 fully saturated rings.